The molecule has 0 spiro atoms. The molecule has 4 rings (SSSR count). The summed E-state index contributed by atoms with van der Waals surface area (Å²) in [5.41, 5.74) is 2.21. The average molecular weight is 345 g/mol. The molecular weight excluding hydrogens is 325 g/mol. The molecule has 2 aliphatic heterocycles. The van der Waals surface area contributed by atoms with Gasteiger partial charge in [-0.1, -0.05) is 41.9 Å². The predicted molar refractivity (Wildman–Crippen MR) is 95.1 cm³/mol. The third-order valence-corrected chi connectivity index (χ3v) is 4.91. The second-order valence-electron chi connectivity index (χ2n) is 6.21. The number of hydrogen-bond acceptors (Lipinski definition) is 2. The molecule has 1 unspecified atom stereocenters. The molecular formula is C20H19ClFNO. The van der Waals surface area contributed by atoms with Gasteiger partial charge in [0, 0.05) is 16.1 Å². The normalized spacial score (nSPS) is 24.2. The van der Waals surface area contributed by atoms with Crippen molar-refractivity contribution in [3.8, 4) is 5.75 Å². The minimum atomic E-state index is -1.59. The van der Waals surface area contributed by atoms with Crippen molar-refractivity contribution in [2.75, 3.05) is 13.1 Å². The van der Waals surface area contributed by atoms with Crippen LogP contribution in [-0.4, -0.2) is 13.1 Å². The van der Waals surface area contributed by atoms with Crippen molar-refractivity contribution in [2.24, 2.45) is 0 Å². The van der Waals surface area contributed by atoms with E-state index in [0.29, 0.717) is 16.7 Å². The number of nitrogens with one attached hydrogen (secondary N) is 1. The first kappa shape index (κ1) is 14.5. The van der Waals surface area contributed by atoms with E-state index < -0.39 is 11.9 Å². The van der Waals surface area contributed by atoms with Crippen LogP contribution in [0.25, 0.3) is 6.08 Å². The van der Waals surface area contributed by atoms with Crippen LogP contribution in [0.1, 0.15) is 42.9 Å². The van der Waals surface area contributed by atoms with Crippen molar-refractivity contribution >= 4 is 17.7 Å². The molecule has 124 valence electrons. The van der Waals surface area contributed by atoms with Gasteiger partial charge in [-0.15, -0.1) is 0 Å². The molecule has 0 radical (unpaired) electrons. The Hall–Kier alpha value is -1.84. The van der Waals surface area contributed by atoms with E-state index in [-0.39, 0.29) is 5.56 Å². The summed E-state index contributed by atoms with van der Waals surface area (Å²) in [5.74, 6) is 0.554. The first-order chi connectivity index (χ1) is 12.1. The lowest BCUT2D eigenvalue weighted by molar-refractivity contribution is 0.240. The number of hydrogen-bond donors (Lipinski definition) is 1. The van der Waals surface area contributed by atoms with Crippen molar-refractivity contribution in [3.05, 3.63) is 70.0 Å². The topological polar surface area (TPSA) is 21.3 Å². The zero-order chi connectivity index (χ0) is 17.4. The number of rotatable bonds is 2. The molecule has 1 saturated heterocycles. The minimum Gasteiger partial charge on any atom is -0.481 e. The lowest BCUT2D eigenvalue weighted by Gasteiger charge is -2.29. The fourth-order valence-electron chi connectivity index (χ4n) is 3.42. The van der Waals surface area contributed by atoms with Gasteiger partial charge in [0.05, 0.1) is 1.37 Å². The van der Waals surface area contributed by atoms with Gasteiger partial charge in [0.2, 0.25) is 0 Å². The Labute approximate surface area is 147 Å². The minimum absolute atomic E-state index is 0.166. The monoisotopic (exact) mass is 344 g/mol. The number of benzene rings is 2. The van der Waals surface area contributed by atoms with E-state index >= 15 is 0 Å². The van der Waals surface area contributed by atoms with Crippen molar-refractivity contribution in [3.63, 3.8) is 0 Å². The van der Waals surface area contributed by atoms with E-state index in [1.807, 2.05) is 18.2 Å². The van der Waals surface area contributed by atoms with E-state index in [1.165, 1.54) is 12.1 Å². The van der Waals surface area contributed by atoms with Crippen LogP contribution >= 0.6 is 11.6 Å². The fourth-order valence-corrected chi connectivity index (χ4v) is 3.58. The second-order valence-corrected chi connectivity index (χ2v) is 6.65. The van der Waals surface area contributed by atoms with Crippen LogP contribution in [0.15, 0.2) is 42.5 Å². The van der Waals surface area contributed by atoms with Crippen molar-refractivity contribution in [1.82, 2.24) is 5.32 Å². The molecule has 2 aromatic rings. The van der Waals surface area contributed by atoms with Gasteiger partial charge in [0.25, 0.3) is 0 Å². The van der Waals surface area contributed by atoms with E-state index in [1.54, 1.807) is 12.1 Å². The van der Waals surface area contributed by atoms with Gasteiger partial charge in [0.1, 0.15) is 17.6 Å². The maximum Gasteiger partial charge on any atom is 0.145 e. The fraction of sp³-hybridized carbons (Fsp3) is 0.300. The Kier molecular flexibility index (Phi) is 3.97. The van der Waals surface area contributed by atoms with Crippen LogP contribution in [0.4, 0.5) is 4.39 Å². The molecule has 0 bridgehead atoms. The summed E-state index contributed by atoms with van der Waals surface area (Å²) in [7, 11) is 0. The second kappa shape index (κ2) is 6.58. The summed E-state index contributed by atoms with van der Waals surface area (Å²) < 4.78 is 29.2. The molecule has 24 heavy (non-hydrogen) atoms. The van der Waals surface area contributed by atoms with Crippen LogP contribution in [0.5, 0.6) is 5.75 Å². The van der Waals surface area contributed by atoms with Gasteiger partial charge in [-0.25, -0.2) is 4.39 Å². The van der Waals surface area contributed by atoms with E-state index in [0.717, 1.165) is 37.1 Å². The average Bonchev–Trinajstić information content (AvgIpc) is 2.61. The molecule has 0 saturated carbocycles. The van der Waals surface area contributed by atoms with E-state index in [4.69, 9.17) is 17.7 Å². The predicted octanol–water partition coefficient (Wildman–Crippen LogP) is 5.09. The summed E-state index contributed by atoms with van der Waals surface area (Å²) in [6, 6.07) is 10.4. The lowest BCUT2D eigenvalue weighted by Crippen LogP contribution is -2.27. The molecule has 1 N–H and O–H groups in total. The first-order valence-corrected chi connectivity index (χ1v) is 8.62. The maximum atomic E-state index is 14.4. The van der Waals surface area contributed by atoms with E-state index in [9.17, 15) is 4.39 Å². The molecule has 4 heteroatoms. The Morgan fingerprint density at radius 3 is 2.79 bits per heavy atom. The van der Waals surface area contributed by atoms with Crippen LogP contribution in [-0.2, 0) is 0 Å². The van der Waals surface area contributed by atoms with Gasteiger partial charge in [-0.3, -0.25) is 0 Å². The summed E-state index contributed by atoms with van der Waals surface area (Å²) in [4.78, 5) is 0. The van der Waals surface area contributed by atoms with Crippen molar-refractivity contribution in [1.29, 1.82) is 0 Å². The van der Waals surface area contributed by atoms with Gasteiger partial charge in [0.15, 0.2) is 0 Å². The molecule has 2 nitrogen and oxygen atoms in total. The molecule has 1 atom stereocenters. The SMILES string of the molecule is [2H]C1(c2ccc(Cl)cc2F)C=Cc2cccc(C3CCNCC3)c2O1. The standard InChI is InChI=1S/C20H19ClFNO/c21-15-5-6-17(18(22)12-15)19-7-4-14-2-1-3-16(20(14)24-19)13-8-10-23-11-9-13/h1-7,12-13,19,23H,8-11H2/i19D. The van der Waals surface area contributed by atoms with Crippen molar-refractivity contribution < 1.29 is 10.5 Å². The van der Waals surface area contributed by atoms with Gasteiger partial charge < -0.3 is 10.1 Å². The third-order valence-electron chi connectivity index (χ3n) is 4.68. The number of piperidine rings is 1. The Balaban J connectivity index is 1.75. The van der Waals surface area contributed by atoms with Crippen LogP contribution in [0.3, 0.4) is 0 Å². The molecule has 1 fully saturated rings. The summed E-state index contributed by atoms with van der Waals surface area (Å²) >= 11 is 5.84. The molecule has 0 aliphatic carbocycles. The highest BCUT2D eigenvalue weighted by atomic mass is 35.5. The Morgan fingerprint density at radius 1 is 1.17 bits per heavy atom. The van der Waals surface area contributed by atoms with Gasteiger partial charge >= 0.3 is 0 Å². The number of fused-ring (bicyclic) bond motifs is 1. The highest BCUT2D eigenvalue weighted by Crippen LogP contribution is 2.41. The summed E-state index contributed by atoms with van der Waals surface area (Å²) in [5, 5.41) is 3.67. The van der Waals surface area contributed by atoms with Crippen molar-refractivity contribution in [2.45, 2.75) is 24.8 Å². The molecule has 0 aromatic heterocycles. The molecule has 2 heterocycles. The number of ether oxygens (including phenoxy) is 1. The van der Waals surface area contributed by atoms with Gasteiger partial charge in [-0.2, -0.15) is 0 Å². The summed E-state index contributed by atoms with van der Waals surface area (Å²) in [6.07, 6.45) is 3.91. The van der Waals surface area contributed by atoms with Crippen LogP contribution in [0.2, 0.25) is 5.02 Å². The largest absolute Gasteiger partial charge is 0.481 e. The molecule has 2 aromatic carbocycles. The lowest BCUT2D eigenvalue weighted by atomic mass is 9.87. The highest BCUT2D eigenvalue weighted by Gasteiger charge is 2.25. The summed E-state index contributed by atoms with van der Waals surface area (Å²) in [6.45, 7) is 1.95. The van der Waals surface area contributed by atoms with Gasteiger partial charge in [-0.05, 0) is 55.6 Å². The zero-order valence-corrected chi connectivity index (χ0v) is 13.9. The number of halogens is 2. The third kappa shape index (κ3) is 2.94. The molecule has 0 amide bonds. The molecule has 2 aliphatic rings. The highest BCUT2D eigenvalue weighted by molar-refractivity contribution is 6.30. The smallest absolute Gasteiger partial charge is 0.145 e. The maximum absolute atomic E-state index is 14.4. The van der Waals surface area contributed by atoms with Crippen LogP contribution in [0, 0.1) is 5.82 Å². The quantitative estimate of drug-likeness (QED) is 0.819. The Morgan fingerprint density at radius 2 is 2.00 bits per heavy atom. The van der Waals surface area contributed by atoms with Crippen LogP contribution < -0.4 is 10.1 Å². The van der Waals surface area contributed by atoms with E-state index in [2.05, 4.69) is 11.4 Å². The Bertz CT molecular complexity index is 834. The zero-order valence-electron chi connectivity index (χ0n) is 14.2. The number of para-hydroxylation sites is 1. The first-order valence-electron chi connectivity index (χ1n) is 8.74.